The van der Waals surface area contributed by atoms with Gasteiger partial charge in [0.15, 0.2) is 0 Å². The number of rotatable bonds is 1. The summed E-state index contributed by atoms with van der Waals surface area (Å²) in [6, 6.07) is 6.32. The third kappa shape index (κ3) is 1.99. The van der Waals surface area contributed by atoms with E-state index in [9.17, 15) is 4.79 Å². The summed E-state index contributed by atoms with van der Waals surface area (Å²) in [4.78, 5) is 22.3. The van der Waals surface area contributed by atoms with Gasteiger partial charge < -0.3 is 9.80 Å². The van der Waals surface area contributed by atoms with E-state index in [4.69, 9.17) is 0 Å². The fraction of sp³-hybridized carbons (Fsp3) is 0.529. The Labute approximate surface area is 133 Å². The lowest BCUT2D eigenvalue weighted by Gasteiger charge is -2.41. The second-order valence-corrected chi connectivity index (χ2v) is 7.98. The molecule has 2 aromatic rings. The maximum absolute atomic E-state index is 13.0. The normalized spacial score (nSPS) is 33.4. The molecule has 4 saturated heterocycles. The van der Waals surface area contributed by atoms with E-state index >= 15 is 0 Å². The Kier molecular flexibility index (Phi) is 2.82. The Bertz CT molecular complexity index is 728. The lowest BCUT2D eigenvalue weighted by atomic mass is 9.84. The molecule has 4 nitrogen and oxygen atoms in total. The van der Waals surface area contributed by atoms with Gasteiger partial charge in [0, 0.05) is 32.2 Å². The van der Waals surface area contributed by atoms with Crippen LogP contribution in [0.4, 0.5) is 0 Å². The summed E-state index contributed by atoms with van der Waals surface area (Å²) in [6.07, 6.45) is 2.48. The first kappa shape index (κ1) is 13.0. The Hall–Kier alpha value is -1.46. The summed E-state index contributed by atoms with van der Waals surface area (Å²) < 4.78 is 1.15. The van der Waals surface area contributed by atoms with Crippen LogP contribution in [-0.2, 0) is 0 Å². The van der Waals surface area contributed by atoms with E-state index in [0.717, 1.165) is 29.2 Å². The highest BCUT2D eigenvalue weighted by Gasteiger charge is 2.43. The molecule has 0 aromatic carbocycles. The number of hydrogen-bond acceptors (Lipinski definition) is 4. The van der Waals surface area contributed by atoms with Crippen molar-refractivity contribution in [3.8, 4) is 0 Å². The molecule has 0 N–H and O–H groups in total. The van der Waals surface area contributed by atoms with E-state index < -0.39 is 0 Å². The van der Waals surface area contributed by atoms with Gasteiger partial charge in [0.25, 0.3) is 5.91 Å². The lowest BCUT2D eigenvalue weighted by Crippen LogP contribution is -2.50. The zero-order chi connectivity index (χ0) is 14.7. The van der Waals surface area contributed by atoms with Crippen LogP contribution in [0.2, 0.25) is 0 Å². The van der Waals surface area contributed by atoms with Crippen LogP contribution in [0, 0.1) is 11.8 Å². The highest BCUT2D eigenvalue weighted by atomic mass is 32.1. The van der Waals surface area contributed by atoms with E-state index in [0.29, 0.717) is 17.7 Å². The minimum Gasteiger partial charge on any atom is -0.333 e. The van der Waals surface area contributed by atoms with Crippen molar-refractivity contribution in [1.82, 2.24) is 14.8 Å². The number of pyridine rings is 1. The number of thiophene rings is 1. The molecule has 4 unspecified atom stereocenters. The molecule has 22 heavy (non-hydrogen) atoms. The molecule has 114 valence electrons. The minimum atomic E-state index is 0.132. The van der Waals surface area contributed by atoms with Crippen LogP contribution < -0.4 is 0 Å². The van der Waals surface area contributed by atoms with Crippen molar-refractivity contribution in [2.75, 3.05) is 26.2 Å². The molecule has 0 saturated carbocycles. The van der Waals surface area contributed by atoms with Crippen LogP contribution in [0.5, 0.6) is 0 Å². The van der Waals surface area contributed by atoms with Gasteiger partial charge in [-0.05, 0) is 48.3 Å². The molecule has 0 spiro atoms. The third-order valence-corrected chi connectivity index (χ3v) is 6.33. The van der Waals surface area contributed by atoms with Gasteiger partial charge >= 0.3 is 0 Å². The van der Waals surface area contributed by atoms with Crippen LogP contribution in [0.3, 0.4) is 0 Å². The standard InChI is InChI=1S/C17H19N3OS/c21-17(15-1-2-16-14(18-15)3-4-22-16)20-9-12-5-11-6-13(20)10-19(7-11)8-12/h1-4,11-13H,5-10H2. The van der Waals surface area contributed by atoms with Gasteiger partial charge in [0.2, 0.25) is 0 Å². The zero-order valence-corrected chi connectivity index (χ0v) is 13.3. The van der Waals surface area contributed by atoms with Gasteiger partial charge in [0.1, 0.15) is 5.69 Å². The third-order valence-electron chi connectivity index (χ3n) is 5.46. The topological polar surface area (TPSA) is 36.4 Å². The fourth-order valence-corrected chi connectivity index (χ4v) is 5.38. The second-order valence-electron chi connectivity index (χ2n) is 7.03. The molecule has 0 radical (unpaired) electrons. The minimum absolute atomic E-state index is 0.132. The zero-order valence-electron chi connectivity index (χ0n) is 12.4. The highest BCUT2D eigenvalue weighted by molar-refractivity contribution is 7.17. The average Bonchev–Trinajstić information content (AvgIpc) is 2.89. The van der Waals surface area contributed by atoms with E-state index in [2.05, 4.69) is 14.8 Å². The Morgan fingerprint density at radius 2 is 2.00 bits per heavy atom. The van der Waals surface area contributed by atoms with Crippen molar-refractivity contribution in [3.63, 3.8) is 0 Å². The average molecular weight is 313 g/mol. The first-order chi connectivity index (χ1) is 10.8. The van der Waals surface area contributed by atoms with Crippen LogP contribution >= 0.6 is 11.3 Å². The van der Waals surface area contributed by atoms with Crippen molar-refractivity contribution in [3.05, 3.63) is 29.3 Å². The number of carbonyl (C=O) groups excluding carboxylic acids is 1. The monoisotopic (exact) mass is 313 g/mol. The largest absolute Gasteiger partial charge is 0.333 e. The first-order valence-corrected chi connectivity index (χ1v) is 9.02. The maximum atomic E-state index is 13.0. The van der Waals surface area contributed by atoms with Gasteiger partial charge in [-0.15, -0.1) is 11.3 Å². The summed E-state index contributed by atoms with van der Waals surface area (Å²) in [5.74, 6) is 1.58. The van der Waals surface area contributed by atoms with Gasteiger partial charge in [-0.25, -0.2) is 4.98 Å². The van der Waals surface area contributed by atoms with E-state index in [1.165, 1.54) is 25.9 Å². The number of amides is 1. The van der Waals surface area contributed by atoms with Crippen molar-refractivity contribution in [2.24, 2.45) is 11.8 Å². The molecule has 4 aliphatic rings. The Morgan fingerprint density at radius 3 is 2.91 bits per heavy atom. The molecule has 4 fully saturated rings. The Morgan fingerprint density at radius 1 is 1.09 bits per heavy atom. The van der Waals surface area contributed by atoms with Crippen molar-refractivity contribution < 1.29 is 4.79 Å². The molecule has 2 aromatic heterocycles. The second kappa shape index (κ2) is 4.77. The first-order valence-electron chi connectivity index (χ1n) is 8.14. The quantitative estimate of drug-likeness (QED) is 0.811. The van der Waals surface area contributed by atoms with E-state index in [-0.39, 0.29) is 5.91 Å². The van der Waals surface area contributed by atoms with Crippen molar-refractivity contribution in [2.45, 2.75) is 18.9 Å². The summed E-state index contributed by atoms with van der Waals surface area (Å²) in [5, 5.41) is 2.03. The molecule has 1 amide bonds. The number of hydrogen-bond donors (Lipinski definition) is 0. The number of piperidine rings is 2. The van der Waals surface area contributed by atoms with Crippen LogP contribution in [0.25, 0.3) is 10.2 Å². The summed E-state index contributed by atoms with van der Waals surface area (Å²) in [5.41, 5.74) is 1.56. The van der Waals surface area contributed by atoms with Gasteiger partial charge in [-0.2, -0.15) is 0 Å². The lowest BCUT2D eigenvalue weighted by molar-refractivity contribution is 0.0569. The molecule has 4 atom stereocenters. The van der Waals surface area contributed by atoms with Crippen LogP contribution in [-0.4, -0.2) is 52.9 Å². The van der Waals surface area contributed by atoms with E-state index in [1.54, 1.807) is 11.3 Å². The molecular weight excluding hydrogens is 294 g/mol. The number of fused-ring (bicyclic) bond motifs is 2. The molecule has 4 aliphatic heterocycles. The number of carbonyl (C=O) groups is 1. The summed E-state index contributed by atoms with van der Waals surface area (Å²) >= 11 is 1.67. The maximum Gasteiger partial charge on any atom is 0.272 e. The predicted molar refractivity (Wildman–Crippen MR) is 87.1 cm³/mol. The number of nitrogens with zero attached hydrogens (tertiary/aromatic N) is 3. The molecule has 4 bridgehead atoms. The van der Waals surface area contributed by atoms with E-state index in [1.807, 2.05) is 23.6 Å². The molecule has 6 rings (SSSR count). The number of aromatic nitrogens is 1. The fourth-order valence-electron chi connectivity index (χ4n) is 4.66. The van der Waals surface area contributed by atoms with Gasteiger partial charge in [-0.3, -0.25) is 4.79 Å². The van der Waals surface area contributed by atoms with Gasteiger partial charge in [0.05, 0.1) is 10.2 Å². The Balaban J connectivity index is 1.49. The SMILES string of the molecule is O=C(c1ccc2sccc2n1)N1CC2CC3CC1CN(C3)C2. The highest BCUT2D eigenvalue weighted by Crippen LogP contribution is 2.37. The molecule has 0 aliphatic carbocycles. The summed E-state index contributed by atoms with van der Waals surface area (Å²) in [6.45, 7) is 4.39. The van der Waals surface area contributed by atoms with Gasteiger partial charge in [-0.1, -0.05) is 0 Å². The van der Waals surface area contributed by atoms with Crippen LogP contribution in [0.15, 0.2) is 23.6 Å². The van der Waals surface area contributed by atoms with Crippen LogP contribution in [0.1, 0.15) is 23.3 Å². The molecule has 5 heteroatoms. The molecular formula is C17H19N3OS. The van der Waals surface area contributed by atoms with Crippen molar-refractivity contribution >= 4 is 27.5 Å². The summed E-state index contributed by atoms with van der Waals surface area (Å²) in [7, 11) is 0. The smallest absolute Gasteiger partial charge is 0.272 e. The predicted octanol–water partition coefficient (Wildman–Crippen LogP) is 2.46. The van der Waals surface area contributed by atoms with Crippen molar-refractivity contribution in [1.29, 1.82) is 0 Å². The molecule has 6 heterocycles.